The fourth-order valence-electron chi connectivity index (χ4n) is 1.44. The number of hydrogen-bond donors (Lipinski definition) is 2. The van der Waals surface area contributed by atoms with Gasteiger partial charge in [0, 0.05) is 19.4 Å². The van der Waals surface area contributed by atoms with Crippen LogP contribution >= 0.6 is 0 Å². The van der Waals surface area contributed by atoms with Crippen molar-refractivity contribution in [1.82, 2.24) is 0 Å². The average molecular weight is 260 g/mol. The molecule has 5 heteroatoms. The molecule has 0 aromatic rings. The van der Waals surface area contributed by atoms with Gasteiger partial charge in [-0.2, -0.15) is 0 Å². The predicted molar refractivity (Wildman–Crippen MR) is 67.8 cm³/mol. The van der Waals surface area contributed by atoms with Gasteiger partial charge >= 0.3 is 5.97 Å². The maximum atomic E-state index is 11.3. The van der Waals surface area contributed by atoms with Crippen molar-refractivity contribution in [2.24, 2.45) is 0 Å². The summed E-state index contributed by atoms with van der Waals surface area (Å²) >= 11 is 0. The maximum absolute atomic E-state index is 11.3. The third-order valence-electron chi connectivity index (χ3n) is 2.52. The number of unbranched alkanes of at least 4 members (excludes halogenated alkanes) is 2. The molecule has 5 nitrogen and oxygen atoms in total. The van der Waals surface area contributed by atoms with E-state index in [1.54, 1.807) is 0 Å². The van der Waals surface area contributed by atoms with Gasteiger partial charge in [0.25, 0.3) is 0 Å². The lowest BCUT2D eigenvalue weighted by Crippen LogP contribution is -2.06. The zero-order valence-electron chi connectivity index (χ0n) is 11.3. The molecule has 0 unspecified atom stereocenters. The SMILES string of the molecule is CC(C)=C(CCCOC(=O)CCCCCO)OO. The van der Waals surface area contributed by atoms with Gasteiger partial charge in [-0.15, -0.1) is 0 Å². The third-order valence-corrected chi connectivity index (χ3v) is 2.52. The van der Waals surface area contributed by atoms with Crippen molar-refractivity contribution >= 4 is 5.97 Å². The van der Waals surface area contributed by atoms with Crippen LogP contribution < -0.4 is 0 Å². The Morgan fingerprint density at radius 3 is 2.33 bits per heavy atom. The molecule has 0 fully saturated rings. The summed E-state index contributed by atoms with van der Waals surface area (Å²) in [6, 6.07) is 0. The van der Waals surface area contributed by atoms with E-state index in [2.05, 4.69) is 4.89 Å². The molecule has 0 rings (SSSR count). The summed E-state index contributed by atoms with van der Waals surface area (Å²) in [5.74, 6) is 0.311. The molecule has 0 saturated heterocycles. The van der Waals surface area contributed by atoms with Crippen LogP contribution in [0.15, 0.2) is 11.3 Å². The highest BCUT2D eigenvalue weighted by Gasteiger charge is 2.04. The third kappa shape index (κ3) is 9.01. The largest absolute Gasteiger partial charge is 0.466 e. The quantitative estimate of drug-likeness (QED) is 0.208. The van der Waals surface area contributed by atoms with Crippen LogP contribution in [0.5, 0.6) is 0 Å². The number of carbonyl (C=O) groups excluding carboxylic acids is 1. The van der Waals surface area contributed by atoms with Crippen molar-refractivity contribution in [3.8, 4) is 0 Å². The number of carbonyl (C=O) groups is 1. The molecule has 0 aliphatic carbocycles. The molecule has 0 aromatic carbocycles. The number of esters is 1. The Kier molecular flexibility index (Phi) is 10.4. The first-order chi connectivity index (χ1) is 8.61. The van der Waals surface area contributed by atoms with Gasteiger partial charge in [-0.05, 0) is 38.7 Å². The van der Waals surface area contributed by atoms with Crippen LogP contribution in [0, 0.1) is 0 Å². The Morgan fingerprint density at radius 1 is 1.06 bits per heavy atom. The Balaban J connectivity index is 3.54. The normalized spacial score (nSPS) is 10.0. The summed E-state index contributed by atoms with van der Waals surface area (Å²) in [4.78, 5) is 15.5. The van der Waals surface area contributed by atoms with Crippen LogP contribution in [0.4, 0.5) is 0 Å². The van der Waals surface area contributed by atoms with Gasteiger partial charge in [0.15, 0.2) is 0 Å². The monoisotopic (exact) mass is 260 g/mol. The summed E-state index contributed by atoms with van der Waals surface area (Å²) in [6.07, 6.45) is 3.89. The van der Waals surface area contributed by atoms with E-state index < -0.39 is 0 Å². The second-order valence-electron chi connectivity index (χ2n) is 4.37. The zero-order chi connectivity index (χ0) is 13.8. The van der Waals surface area contributed by atoms with Crippen LogP contribution in [-0.4, -0.2) is 29.5 Å². The molecule has 106 valence electrons. The number of hydrogen-bond acceptors (Lipinski definition) is 5. The van der Waals surface area contributed by atoms with Gasteiger partial charge in [-0.1, -0.05) is 6.42 Å². The molecule has 0 saturated carbocycles. The summed E-state index contributed by atoms with van der Waals surface area (Å²) in [5.41, 5.74) is 0.910. The van der Waals surface area contributed by atoms with E-state index >= 15 is 0 Å². The lowest BCUT2D eigenvalue weighted by atomic mass is 10.2. The van der Waals surface area contributed by atoms with Crippen molar-refractivity contribution in [2.75, 3.05) is 13.2 Å². The Labute approximate surface area is 108 Å². The van der Waals surface area contributed by atoms with Crippen molar-refractivity contribution in [3.63, 3.8) is 0 Å². The summed E-state index contributed by atoms with van der Waals surface area (Å²) in [7, 11) is 0. The number of aliphatic hydroxyl groups excluding tert-OH is 1. The highest BCUT2D eigenvalue weighted by atomic mass is 17.1. The smallest absolute Gasteiger partial charge is 0.305 e. The van der Waals surface area contributed by atoms with E-state index in [-0.39, 0.29) is 12.6 Å². The first-order valence-corrected chi connectivity index (χ1v) is 6.36. The second-order valence-corrected chi connectivity index (χ2v) is 4.37. The minimum Gasteiger partial charge on any atom is -0.466 e. The van der Waals surface area contributed by atoms with Gasteiger partial charge in [-0.3, -0.25) is 4.79 Å². The molecule has 18 heavy (non-hydrogen) atoms. The van der Waals surface area contributed by atoms with Gasteiger partial charge in [-0.25, -0.2) is 5.26 Å². The Bertz CT molecular complexity index is 256. The second kappa shape index (κ2) is 11.0. The molecular weight excluding hydrogens is 236 g/mol. The topological polar surface area (TPSA) is 76.0 Å². The molecule has 0 aromatic heterocycles. The Hall–Kier alpha value is -1.07. The van der Waals surface area contributed by atoms with E-state index in [0.29, 0.717) is 31.6 Å². The van der Waals surface area contributed by atoms with Gasteiger partial charge in [0.1, 0.15) is 5.76 Å². The molecule has 0 bridgehead atoms. The van der Waals surface area contributed by atoms with E-state index in [1.165, 1.54) is 0 Å². The molecule has 0 heterocycles. The van der Waals surface area contributed by atoms with Crippen LogP contribution in [0.25, 0.3) is 0 Å². The molecule has 0 radical (unpaired) electrons. The summed E-state index contributed by atoms with van der Waals surface area (Å²) in [5, 5.41) is 17.2. The lowest BCUT2D eigenvalue weighted by molar-refractivity contribution is -0.207. The van der Waals surface area contributed by atoms with E-state index in [0.717, 1.165) is 24.8 Å². The van der Waals surface area contributed by atoms with E-state index in [1.807, 2.05) is 13.8 Å². The lowest BCUT2D eigenvalue weighted by Gasteiger charge is -2.07. The van der Waals surface area contributed by atoms with Crippen molar-refractivity contribution in [1.29, 1.82) is 0 Å². The number of allylic oxidation sites excluding steroid dienone is 2. The molecule has 2 N–H and O–H groups in total. The summed E-state index contributed by atoms with van der Waals surface area (Å²) in [6.45, 7) is 4.19. The number of ether oxygens (including phenoxy) is 1. The van der Waals surface area contributed by atoms with E-state index in [9.17, 15) is 4.79 Å². The average Bonchev–Trinajstić information content (AvgIpc) is 2.34. The fourth-order valence-corrected chi connectivity index (χ4v) is 1.44. The fraction of sp³-hybridized carbons (Fsp3) is 0.769. The highest BCUT2D eigenvalue weighted by Crippen LogP contribution is 2.11. The van der Waals surface area contributed by atoms with Crippen molar-refractivity contribution in [2.45, 2.75) is 52.4 Å². The minimum atomic E-state index is -0.211. The van der Waals surface area contributed by atoms with Crippen molar-refractivity contribution < 1.29 is 24.8 Å². The zero-order valence-corrected chi connectivity index (χ0v) is 11.3. The van der Waals surface area contributed by atoms with Gasteiger partial charge in [0.2, 0.25) is 0 Å². The van der Waals surface area contributed by atoms with Gasteiger partial charge < -0.3 is 14.7 Å². The van der Waals surface area contributed by atoms with Crippen LogP contribution in [0.2, 0.25) is 0 Å². The Morgan fingerprint density at radius 2 is 1.78 bits per heavy atom. The minimum absolute atomic E-state index is 0.168. The van der Waals surface area contributed by atoms with Crippen LogP contribution in [0.3, 0.4) is 0 Å². The van der Waals surface area contributed by atoms with Crippen molar-refractivity contribution in [3.05, 3.63) is 11.3 Å². The van der Waals surface area contributed by atoms with Crippen LogP contribution in [0.1, 0.15) is 52.4 Å². The van der Waals surface area contributed by atoms with Crippen LogP contribution in [-0.2, 0) is 14.4 Å². The molecule has 0 amide bonds. The predicted octanol–water partition coefficient (Wildman–Crippen LogP) is 2.65. The van der Waals surface area contributed by atoms with E-state index in [4.69, 9.17) is 15.1 Å². The standard InChI is InChI=1S/C13H24O5/c1-11(2)12(18-16)7-6-10-17-13(15)8-4-3-5-9-14/h14,16H,3-10H2,1-2H3. The molecule has 0 aliphatic heterocycles. The molecule has 0 aliphatic rings. The molecule has 0 spiro atoms. The number of rotatable bonds is 10. The highest BCUT2D eigenvalue weighted by molar-refractivity contribution is 5.69. The first kappa shape index (κ1) is 16.9. The molecular formula is C13H24O5. The maximum Gasteiger partial charge on any atom is 0.305 e. The molecule has 0 atom stereocenters. The van der Waals surface area contributed by atoms with Gasteiger partial charge in [0.05, 0.1) is 6.61 Å². The summed E-state index contributed by atoms with van der Waals surface area (Å²) < 4.78 is 5.04. The number of aliphatic hydroxyl groups is 1. The first-order valence-electron chi connectivity index (χ1n) is 6.36.